The Kier molecular flexibility index (Phi) is 2.99. The molecule has 0 aromatic heterocycles. The largest absolute Gasteiger partial charge is 0.397 e. The minimum Gasteiger partial charge on any atom is -0.397 e. The Hall–Kier alpha value is -1.71. The van der Waals surface area contributed by atoms with Gasteiger partial charge in [0, 0.05) is 12.1 Å². The van der Waals surface area contributed by atoms with Gasteiger partial charge in [0.15, 0.2) is 0 Å². The highest BCUT2D eigenvalue weighted by molar-refractivity contribution is 5.94. The molecule has 1 amide bonds. The van der Waals surface area contributed by atoms with Crippen LogP contribution in [0.25, 0.3) is 0 Å². The van der Waals surface area contributed by atoms with Gasteiger partial charge in [-0.1, -0.05) is 12.8 Å². The number of benzene rings is 1. The summed E-state index contributed by atoms with van der Waals surface area (Å²) in [7, 11) is 0. The number of nitrogen functional groups attached to an aromatic ring is 1. The number of hydrogen-bond acceptors (Lipinski definition) is 3. The van der Waals surface area contributed by atoms with Crippen molar-refractivity contribution >= 4 is 17.3 Å². The lowest BCUT2D eigenvalue weighted by atomic mass is 10.1. The number of carbonyl (C=O) groups excluding carboxylic acids is 1. The maximum atomic E-state index is 11.0. The van der Waals surface area contributed by atoms with Crippen LogP contribution in [0.1, 0.15) is 29.6 Å². The molecular weight excluding hydrogens is 202 g/mol. The number of rotatable bonds is 5. The van der Waals surface area contributed by atoms with Crippen LogP contribution in [0.5, 0.6) is 0 Å². The van der Waals surface area contributed by atoms with Gasteiger partial charge < -0.3 is 16.8 Å². The smallest absolute Gasteiger partial charge is 0.248 e. The molecule has 0 atom stereocenters. The molecule has 1 saturated carbocycles. The van der Waals surface area contributed by atoms with Gasteiger partial charge in [-0.15, -0.1) is 0 Å². The van der Waals surface area contributed by atoms with Gasteiger partial charge in [0.2, 0.25) is 5.91 Å². The average Bonchev–Trinajstić information content (AvgIpc) is 3.04. The third kappa shape index (κ3) is 2.66. The molecule has 1 aromatic rings. The van der Waals surface area contributed by atoms with Crippen molar-refractivity contribution in [1.82, 2.24) is 0 Å². The minimum atomic E-state index is -0.426. The van der Waals surface area contributed by atoms with Crippen LogP contribution in [0, 0.1) is 5.92 Å². The van der Waals surface area contributed by atoms with Gasteiger partial charge in [-0.2, -0.15) is 0 Å². The first kappa shape index (κ1) is 10.8. The third-order valence-corrected chi connectivity index (χ3v) is 2.90. The van der Waals surface area contributed by atoms with Crippen LogP contribution in [0.2, 0.25) is 0 Å². The predicted molar refractivity (Wildman–Crippen MR) is 65.2 cm³/mol. The van der Waals surface area contributed by atoms with Crippen molar-refractivity contribution in [2.24, 2.45) is 11.7 Å². The summed E-state index contributed by atoms with van der Waals surface area (Å²) < 4.78 is 0. The van der Waals surface area contributed by atoms with Crippen LogP contribution in [-0.4, -0.2) is 12.5 Å². The number of hydrogen-bond donors (Lipinski definition) is 3. The number of anilines is 2. The van der Waals surface area contributed by atoms with Crippen LogP contribution in [0.3, 0.4) is 0 Å². The zero-order valence-corrected chi connectivity index (χ0v) is 9.20. The zero-order valence-electron chi connectivity index (χ0n) is 9.20. The van der Waals surface area contributed by atoms with Crippen molar-refractivity contribution in [3.05, 3.63) is 23.8 Å². The molecule has 4 heteroatoms. The molecule has 5 N–H and O–H groups in total. The Morgan fingerprint density at radius 1 is 1.44 bits per heavy atom. The van der Waals surface area contributed by atoms with Gasteiger partial charge in [-0.05, 0) is 30.5 Å². The molecule has 0 bridgehead atoms. The lowest BCUT2D eigenvalue weighted by Crippen LogP contribution is -2.12. The van der Waals surface area contributed by atoms with Crippen LogP contribution in [-0.2, 0) is 0 Å². The van der Waals surface area contributed by atoms with Gasteiger partial charge in [0.25, 0.3) is 0 Å². The standard InChI is InChI=1S/C12H17N3O/c13-10-4-3-9(12(14)16)7-11(10)15-6-5-8-1-2-8/h3-4,7-8,15H,1-2,5-6,13H2,(H2,14,16). The van der Waals surface area contributed by atoms with E-state index >= 15 is 0 Å². The van der Waals surface area contributed by atoms with E-state index in [9.17, 15) is 4.79 Å². The first-order chi connectivity index (χ1) is 7.66. The van der Waals surface area contributed by atoms with Crippen molar-refractivity contribution in [1.29, 1.82) is 0 Å². The molecule has 1 aromatic carbocycles. The summed E-state index contributed by atoms with van der Waals surface area (Å²) in [6.45, 7) is 0.900. The van der Waals surface area contributed by atoms with Crippen molar-refractivity contribution in [2.45, 2.75) is 19.3 Å². The highest BCUT2D eigenvalue weighted by Gasteiger charge is 2.20. The fourth-order valence-corrected chi connectivity index (χ4v) is 1.68. The van der Waals surface area contributed by atoms with Gasteiger partial charge >= 0.3 is 0 Å². The molecule has 2 rings (SSSR count). The summed E-state index contributed by atoms with van der Waals surface area (Å²) in [5.41, 5.74) is 13.0. The summed E-state index contributed by atoms with van der Waals surface area (Å²) in [5, 5.41) is 3.25. The molecule has 4 nitrogen and oxygen atoms in total. The monoisotopic (exact) mass is 219 g/mol. The molecule has 1 aliphatic rings. The van der Waals surface area contributed by atoms with Gasteiger partial charge in [-0.3, -0.25) is 4.79 Å². The van der Waals surface area contributed by atoms with Crippen LogP contribution in [0.4, 0.5) is 11.4 Å². The van der Waals surface area contributed by atoms with Crippen LogP contribution in [0.15, 0.2) is 18.2 Å². The van der Waals surface area contributed by atoms with Crippen molar-refractivity contribution < 1.29 is 4.79 Å². The summed E-state index contributed by atoms with van der Waals surface area (Å²) in [4.78, 5) is 11.0. The SMILES string of the molecule is NC(=O)c1ccc(N)c(NCCC2CC2)c1. The molecule has 0 heterocycles. The maximum absolute atomic E-state index is 11.0. The van der Waals surface area contributed by atoms with E-state index < -0.39 is 5.91 Å². The Labute approximate surface area is 95.0 Å². The maximum Gasteiger partial charge on any atom is 0.248 e. The van der Waals surface area contributed by atoms with Crippen LogP contribution < -0.4 is 16.8 Å². The highest BCUT2D eigenvalue weighted by atomic mass is 16.1. The predicted octanol–water partition coefficient (Wildman–Crippen LogP) is 1.58. The quantitative estimate of drug-likeness (QED) is 0.658. The third-order valence-electron chi connectivity index (χ3n) is 2.90. The van der Waals surface area contributed by atoms with E-state index in [0.717, 1.165) is 18.2 Å². The Balaban J connectivity index is 1.99. The molecule has 1 fully saturated rings. The second kappa shape index (κ2) is 4.43. The number of amides is 1. The molecule has 86 valence electrons. The van der Waals surface area contributed by atoms with Gasteiger partial charge in [0.05, 0.1) is 11.4 Å². The fourth-order valence-electron chi connectivity index (χ4n) is 1.68. The summed E-state index contributed by atoms with van der Waals surface area (Å²) in [6, 6.07) is 5.06. The molecule has 0 saturated heterocycles. The summed E-state index contributed by atoms with van der Waals surface area (Å²) >= 11 is 0. The highest BCUT2D eigenvalue weighted by Crippen LogP contribution is 2.32. The average molecular weight is 219 g/mol. The van der Waals surface area contributed by atoms with Crippen molar-refractivity contribution in [2.75, 3.05) is 17.6 Å². The number of nitrogens with two attached hydrogens (primary N) is 2. The minimum absolute atomic E-state index is 0.426. The first-order valence-corrected chi connectivity index (χ1v) is 5.60. The Bertz CT molecular complexity index is 399. The first-order valence-electron chi connectivity index (χ1n) is 5.60. The Morgan fingerprint density at radius 3 is 2.81 bits per heavy atom. The molecule has 0 aliphatic heterocycles. The lowest BCUT2D eigenvalue weighted by molar-refractivity contribution is 0.100. The summed E-state index contributed by atoms with van der Waals surface area (Å²) in [6.07, 6.45) is 3.86. The van der Waals surface area contributed by atoms with Crippen molar-refractivity contribution in [3.63, 3.8) is 0 Å². The second-order valence-corrected chi connectivity index (χ2v) is 4.33. The van der Waals surface area contributed by atoms with E-state index in [-0.39, 0.29) is 0 Å². The zero-order chi connectivity index (χ0) is 11.5. The summed E-state index contributed by atoms with van der Waals surface area (Å²) in [5.74, 6) is 0.457. The van der Waals surface area contributed by atoms with Gasteiger partial charge in [0.1, 0.15) is 0 Å². The molecule has 0 unspecified atom stereocenters. The van der Waals surface area contributed by atoms with Crippen LogP contribution >= 0.6 is 0 Å². The molecule has 1 aliphatic carbocycles. The van der Waals surface area contributed by atoms with E-state index in [2.05, 4.69) is 5.32 Å². The fraction of sp³-hybridized carbons (Fsp3) is 0.417. The normalized spacial score (nSPS) is 14.8. The number of nitrogens with one attached hydrogen (secondary N) is 1. The molecular formula is C12H17N3O. The Morgan fingerprint density at radius 2 is 2.19 bits per heavy atom. The molecule has 0 radical (unpaired) electrons. The van der Waals surface area contributed by atoms with E-state index in [1.807, 2.05) is 0 Å². The van der Waals surface area contributed by atoms with E-state index in [1.54, 1.807) is 18.2 Å². The molecule has 0 spiro atoms. The van der Waals surface area contributed by atoms with E-state index in [4.69, 9.17) is 11.5 Å². The van der Waals surface area contributed by atoms with Gasteiger partial charge in [-0.25, -0.2) is 0 Å². The number of carbonyl (C=O) groups is 1. The second-order valence-electron chi connectivity index (χ2n) is 4.33. The number of primary amides is 1. The van der Waals surface area contributed by atoms with E-state index in [0.29, 0.717) is 11.3 Å². The van der Waals surface area contributed by atoms with E-state index in [1.165, 1.54) is 19.3 Å². The van der Waals surface area contributed by atoms with Crippen molar-refractivity contribution in [3.8, 4) is 0 Å². The molecule has 16 heavy (non-hydrogen) atoms. The lowest BCUT2D eigenvalue weighted by Gasteiger charge is -2.09. The topological polar surface area (TPSA) is 81.1 Å².